The van der Waals surface area contributed by atoms with Gasteiger partial charge in [0.05, 0.1) is 0 Å². The van der Waals surface area contributed by atoms with Crippen LogP contribution < -0.4 is 0 Å². The summed E-state index contributed by atoms with van der Waals surface area (Å²) >= 11 is 0. The monoisotopic (exact) mass is 263 g/mol. The van der Waals surface area contributed by atoms with Crippen LogP contribution in [0.15, 0.2) is 6.33 Å². The van der Waals surface area contributed by atoms with E-state index in [4.69, 9.17) is 0 Å². The molecule has 1 unspecified atom stereocenters. The first kappa shape index (κ1) is 12.4. The minimum absolute atomic E-state index is 0.212. The summed E-state index contributed by atoms with van der Waals surface area (Å²) in [7, 11) is 0. The first-order valence-corrected chi connectivity index (χ1v) is 7.24. The Bertz CT molecular complexity index is 413. The van der Waals surface area contributed by atoms with Crippen LogP contribution in [0.2, 0.25) is 0 Å². The molecule has 1 aromatic heterocycles. The average molecular weight is 263 g/mol. The van der Waals surface area contributed by atoms with Crippen molar-refractivity contribution in [2.75, 3.05) is 26.2 Å². The molecule has 6 heteroatoms. The summed E-state index contributed by atoms with van der Waals surface area (Å²) in [5.74, 6) is 1.22. The maximum absolute atomic E-state index is 12.5. The lowest BCUT2D eigenvalue weighted by atomic mass is 9.97. The molecule has 2 saturated heterocycles. The molecule has 0 aliphatic carbocycles. The standard InChI is InChI=1S/C13H21N5O/c19-13(17-6-2-1-3-7-17)18-8-4-5-11(9-18)12-14-10-15-16-12/h10-11H,1-9H2,(H,14,15,16). The first-order chi connectivity index (χ1) is 9.34. The van der Waals surface area contributed by atoms with Crippen LogP contribution in [0.4, 0.5) is 4.79 Å². The highest BCUT2D eigenvalue weighted by Crippen LogP contribution is 2.25. The predicted octanol–water partition coefficient (Wildman–Crippen LogP) is 1.59. The number of nitrogens with zero attached hydrogens (tertiary/aromatic N) is 4. The second-order valence-electron chi connectivity index (χ2n) is 5.49. The van der Waals surface area contributed by atoms with Gasteiger partial charge in [-0.25, -0.2) is 9.78 Å². The van der Waals surface area contributed by atoms with Crippen LogP contribution in [0, 0.1) is 0 Å². The van der Waals surface area contributed by atoms with E-state index in [0.29, 0.717) is 5.92 Å². The van der Waals surface area contributed by atoms with Gasteiger partial charge in [0.25, 0.3) is 0 Å². The number of aromatic amines is 1. The number of hydrogen-bond donors (Lipinski definition) is 1. The highest BCUT2D eigenvalue weighted by Gasteiger charge is 2.29. The van der Waals surface area contributed by atoms with Crippen LogP contribution in [0.25, 0.3) is 0 Å². The number of rotatable bonds is 1. The molecular weight excluding hydrogens is 242 g/mol. The van der Waals surface area contributed by atoms with Gasteiger partial charge in [-0.2, -0.15) is 5.10 Å². The molecule has 3 heterocycles. The van der Waals surface area contributed by atoms with E-state index >= 15 is 0 Å². The number of likely N-dealkylation sites (tertiary alicyclic amines) is 2. The molecule has 6 nitrogen and oxygen atoms in total. The highest BCUT2D eigenvalue weighted by molar-refractivity contribution is 5.74. The smallest absolute Gasteiger partial charge is 0.320 e. The zero-order chi connectivity index (χ0) is 13.1. The Balaban J connectivity index is 1.62. The number of carbonyl (C=O) groups excluding carboxylic acids is 1. The molecule has 19 heavy (non-hydrogen) atoms. The molecule has 0 aromatic carbocycles. The number of amides is 2. The third kappa shape index (κ3) is 2.72. The van der Waals surface area contributed by atoms with E-state index in [1.165, 1.54) is 6.42 Å². The minimum atomic E-state index is 0.212. The molecule has 2 aliphatic rings. The molecule has 104 valence electrons. The van der Waals surface area contributed by atoms with Gasteiger partial charge in [-0.05, 0) is 32.1 Å². The van der Waals surface area contributed by atoms with Crippen LogP contribution in [-0.2, 0) is 0 Å². The van der Waals surface area contributed by atoms with Gasteiger partial charge in [0.2, 0.25) is 0 Å². The van der Waals surface area contributed by atoms with Gasteiger partial charge in [0.1, 0.15) is 12.2 Å². The maximum Gasteiger partial charge on any atom is 0.320 e. The van der Waals surface area contributed by atoms with Gasteiger partial charge in [-0.3, -0.25) is 5.10 Å². The van der Waals surface area contributed by atoms with Gasteiger partial charge in [-0.1, -0.05) is 0 Å². The van der Waals surface area contributed by atoms with Gasteiger partial charge in [0, 0.05) is 32.1 Å². The number of urea groups is 1. The van der Waals surface area contributed by atoms with Crippen LogP contribution in [0.1, 0.15) is 43.8 Å². The number of aromatic nitrogens is 3. The fraction of sp³-hybridized carbons (Fsp3) is 0.769. The van der Waals surface area contributed by atoms with Crippen molar-refractivity contribution in [1.82, 2.24) is 25.0 Å². The zero-order valence-electron chi connectivity index (χ0n) is 11.2. The molecule has 2 aliphatic heterocycles. The summed E-state index contributed by atoms with van der Waals surface area (Å²) in [5, 5.41) is 6.84. The third-order valence-corrected chi connectivity index (χ3v) is 4.14. The van der Waals surface area contributed by atoms with Crippen molar-refractivity contribution in [3.8, 4) is 0 Å². The second-order valence-corrected chi connectivity index (χ2v) is 5.49. The summed E-state index contributed by atoms with van der Waals surface area (Å²) < 4.78 is 0. The van der Waals surface area contributed by atoms with Crippen molar-refractivity contribution in [3.05, 3.63) is 12.2 Å². The van der Waals surface area contributed by atoms with E-state index in [1.807, 2.05) is 9.80 Å². The Hall–Kier alpha value is -1.59. The molecular formula is C13H21N5O. The maximum atomic E-state index is 12.5. The molecule has 0 saturated carbocycles. The molecule has 0 spiro atoms. The van der Waals surface area contributed by atoms with Gasteiger partial charge in [-0.15, -0.1) is 0 Å². The van der Waals surface area contributed by atoms with Gasteiger partial charge >= 0.3 is 6.03 Å². The number of hydrogen-bond acceptors (Lipinski definition) is 3. The van der Waals surface area contributed by atoms with Crippen LogP contribution in [0.3, 0.4) is 0 Å². The van der Waals surface area contributed by atoms with Gasteiger partial charge in [0.15, 0.2) is 0 Å². The lowest BCUT2D eigenvalue weighted by Crippen LogP contribution is -2.48. The van der Waals surface area contributed by atoms with Gasteiger partial charge < -0.3 is 9.80 Å². The minimum Gasteiger partial charge on any atom is -0.325 e. The van der Waals surface area contributed by atoms with E-state index in [9.17, 15) is 4.79 Å². The molecule has 0 radical (unpaired) electrons. The number of carbonyl (C=O) groups is 1. The van der Waals surface area contributed by atoms with Crippen molar-refractivity contribution < 1.29 is 4.79 Å². The Morgan fingerprint density at radius 3 is 2.68 bits per heavy atom. The quantitative estimate of drug-likeness (QED) is 0.836. The predicted molar refractivity (Wildman–Crippen MR) is 70.8 cm³/mol. The van der Waals surface area contributed by atoms with Crippen molar-refractivity contribution in [2.45, 2.75) is 38.0 Å². The molecule has 1 N–H and O–H groups in total. The molecule has 0 bridgehead atoms. The molecule has 2 amide bonds. The number of H-pyrrole nitrogens is 1. The Morgan fingerprint density at radius 2 is 1.95 bits per heavy atom. The van der Waals surface area contributed by atoms with E-state index in [2.05, 4.69) is 15.2 Å². The Labute approximate surface area is 113 Å². The lowest BCUT2D eigenvalue weighted by Gasteiger charge is -2.37. The normalized spacial score (nSPS) is 24.5. The summed E-state index contributed by atoms with van der Waals surface area (Å²) in [6.07, 6.45) is 7.21. The summed E-state index contributed by atoms with van der Waals surface area (Å²) in [6.45, 7) is 3.48. The molecule has 3 rings (SSSR count). The van der Waals surface area contributed by atoms with Crippen molar-refractivity contribution >= 4 is 6.03 Å². The second kappa shape index (κ2) is 5.59. The topological polar surface area (TPSA) is 65.1 Å². The third-order valence-electron chi connectivity index (χ3n) is 4.14. The first-order valence-electron chi connectivity index (χ1n) is 7.24. The van der Waals surface area contributed by atoms with Crippen molar-refractivity contribution in [1.29, 1.82) is 0 Å². The Morgan fingerprint density at radius 1 is 1.16 bits per heavy atom. The number of piperidine rings is 2. The lowest BCUT2D eigenvalue weighted by molar-refractivity contribution is 0.129. The van der Waals surface area contributed by atoms with Crippen LogP contribution >= 0.6 is 0 Å². The van der Waals surface area contributed by atoms with E-state index < -0.39 is 0 Å². The molecule has 2 fully saturated rings. The van der Waals surface area contributed by atoms with E-state index in [0.717, 1.165) is 57.7 Å². The zero-order valence-corrected chi connectivity index (χ0v) is 11.2. The van der Waals surface area contributed by atoms with Crippen molar-refractivity contribution in [2.24, 2.45) is 0 Å². The van der Waals surface area contributed by atoms with Crippen LogP contribution in [-0.4, -0.2) is 57.2 Å². The van der Waals surface area contributed by atoms with Crippen LogP contribution in [0.5, 0.6) is 0 Å². The average Bonchev–Trinajstić information content (AvgIpc) is 3.02. The Kier molecular flexibility index (Phi) is 3.66. The number of nitrogens with one attached hydrogen (secondary N) is 1. The van der Waals surface area contributed by atoms with E-state index in [1.54, 1.807) is 6.33 Å². The fourth-order valence-corrected chi connectivity index (χ4v) is 3.07. The summed E-state index contributed by atoms with van der Waals surface area (Å²) in [5.41, 5.74) is 0. The fourth-order valence-electron chi connectivity index (χ4n) is 3.07. The molecule has 1 aromatic rings. The SMILES string of the molecule is O=C(N1CCCCC1)N1CCCC(c2ncn[nH]2)C1. The highest BCUT2D eigenvalue weighted by atomic mass is 16.2. The summed E-state index contributed by atoms with van der Waals surface area (Å²) in [6, 6.07) is 0.212. The summed E-state index contributed by atoms with van der Waals surface area (Å²) in [4.78, 5) is 20.7. The van der Waals surface area contributed by atoms with Crippen molar-refractivity contribution in [3.63, 3.8) is 0 Å². The molecule has 1 atom stereocenters. The largest absolute Gasteiger partial charge is 0.325 e. The van der Waals surface area contributed by atoms with E-state index in [-0.39, 0.29) is 6.03 Å².